The van der Waals surface area contributed by atoms with Crippen molar-refractivity contribution >= 4 is 11.8 Å². The smallest absolute Gasteiger partial charge is 0.00994 e. The Morgan fingerprint density at radius 3 is 2.67 bits per heavy atom. The van der Waals surface area contributed by atoms with Crippen molar-refractivity contribution in [2.45, 2.75) is 38.0 Å². The summed E-state index contributed by atoms with van der Waals surface area (Å²) in [6.07, 6.45) is 4.96. The van der Waals surface area contributed by atoms with Gasteiger partial charge in [-0.3, -0.25) is 0 Å². The molecule has 0 saturated carbocycles. The first-order valence-electron chi connectivity index (χ1n) is 4.92. The lowest BCUT2D eigenvalue weighted by Gasteiger charge is -2.40. The second kappa shape index (κ2) is 4.52. The molecule has 1 fully saturated rings. The first-order valence-corrected chi connectivity index (χ1v) is 6.20. The minimum Gasteiger partial charge on any atom is -0.303 e. The third kappa shape index (κ3) is 2.17. The highest BCUT2D eigenvalue weighted by Gasteiger charge is 2.29. The molecule has 3 atom stereocenters. The minimum absolute atomic E-state index is 0.783. The molecule has 72 valence electrons. The van der Waals surface area contributed by atoms with Crippen LogP contribution in [0.1, 0.15) is 26.7 Å². The van der Waals surface area contributed by atoms with Crippen molar-refractivity contribution in [2.24, 2.45) is 5.92 Å². The van der Waals surface area contributed by atoms with Crippen LogP contribution in [0.3, 0.4) is 0 Å². The van der Waals surface area contributed by atoms with Crippen LogP contribution in [0.5, 0.6) is 0 Å². The summed E-state index contributed by atoms with van der Waals surface area (Å²) >= 11 is 2.06. The molecule has 3 unspecified atom stereocenters. The lowest BCUT2D eigenvalue weighted by Crippen LogP contribution is -2.44. The maximum absolute atomic E-state index is 2.50. The molecular weight excluding hydrogens is 166 g/mol. The molecule has 1 aliphatic heterocycles. The highest BCUT2D eigenvalue weighted by molar-refractivity contribution is 7.99. The normalized spacial score (nSPS) is 38.5. The van der Waals surface area contributed by atoms with Crippen LogP contribution in [-0.2, 0) is 0 Å². The molecule has 1 nitrogen and oxygen atoms in total. The molecule has 1 saturated heterocycles. The topological polar surface area (TPSA) is 3.24 Å². The largest absolute Gasteiger partial charge is 0.303 e. The van der Waals surface area contributed by atoms with E-state index in [1.54, 1.807) is 0 Å². The zero-order valence-corrected chi connectivity index (χ0v) is 9.53. The second-order valence-corrected chi connectivity index (χ2v) is 5.04. The first-order chi connectivity index (χ1) is 5.69. The van der Waals surface area contributed by atoms with E-state index in [-0.39, 0.29) is 0 Å². The van der Waals surface area contributed by atoms with E-state index in [1.807, 2.05) is 0 Å². The summed E-state index contributed by atoms with van der Waals surface area (Å²) in [6, 6.07) is 0.783. The van der Waals surface area contributed by atoms with Crippen LogP contribution in [0, 0.1) is 5.92 Å². The van der Waals surface area contributed by atoms with Crippen molar-refractivity contribution in [2.75, 3.05) is 19.8 Å². The maximum Gasteiger partial charge on any atom is 0.00994 e. The molecule has 2 heteroatoms. The van der Waals surface area contributed by atoms with Crippen LogP contribution in [0.25, 0.3) is 0 Å². The molecule has 0 radical (unpaired) electrons. The Bertz CT molecular complexity index is 122. The maximum atomic E-state index is 2.50. The van der Waals surface area contributed by atoms with Gasteiger partial charge in [0, 0.05) is 17.8 Å². The van der Waals surface area contributed by atoms with Crippen molar-refractivity contribution in [1.82, 2.24) is 4.90 Å². The molecule has 0 aliphatic carbocycles. The van der Waals surface area contributed by atoms with Gasteiger partial charge in [-0.15, -0.1) is 0 Å². The molecule has 0 N–H and O–H groups in total. The van der Waals surface area contributed by atoms with Crippen LogP contribution < -0.4 is 0 Å². The molecule has 12 heavy (non-hydrogen) atoms. The lowest BCUT2D eigenvalue weighted by atomic mass is 9.91. The molecule has 1 aliphatic rings. The average Bonchev–Trinajstić information content (AvgIpc) is 2.09. The van der Waals surface area contributed by atoms with Gasteiger partial charge in [-0.2, -0.15) is 11.8 Å². The molecule has 0 aromatic rings. The third-order valence-electron chi connectivity index (χ3n) is 3.20. The summed E-state index contributed by atoms with van der Waals surface area (Å²) in [4.78, 5) is 2.50. The minimum atomic E-state index is 0.783. The van der Waals surface area contributed by atoms with Crippen LogP contribution in [0.4, 0.5) is 0 Å². The van der Waals surface area contributed by atoms with Gasteiger partial charge >= 0.3 is 0 Å². The van der Waals surface area contributed by atoms with E-state index in [9.17, 15) is 0 Å². The van der Waals surface area contributed by atoms with E-state index >= 15 is 0 Å². The van der Waals surface area contributed by atoms with Gasteiger partial charge in [0.1, 0.15) is 0 Å². The fourth-order valence-corrected chi connectivity index (χ4v) is 3.19. The Hall–Kier alpha value is 0.310. The van der Waals surface area contributed by atoms with Crippen LogP contribution >= 0.6 is 11.8 Å². The summed E-state index contributed by atoms with van der Waals surface area (Å²) in [6.45, 7) is 5.95. The Labute approximate surface area is 80.9 Å². The van der Waals surface area contributed by atoms with Crippen LogP contribution in [0.15, 0.2) is 0 Å². The van der Waals surface area contributed by atoms with Crippen LogP contribution in [-0.4, -0.2) is 36.0 Å². The van der Waals surface area contributed by atoms with E-state index in [0.717, 1.165) is 17.2 Å². The summed E-state index contributed by atoms with van der Waals surface area (Å²) in [5.41, 5.74) is 0. The van der Waals surface area contributed by atoms with E-state index < -0.39 is 0 Å². The molecular formula is C10H21NS. The van der Waals surface area contributed by atoms with E-state index in [4.69, 9.17) is 0 Å². The molecule has 0 aromatic carbocycles. The van der Waals surface area contributed by atoms with Gasteiger partial charge in [0.2, 0.25) is 0 Å². The zero-order valence-electron chi connectivity index (χ0n) is 8.71. The number of rotatable bonds is 2. The van der Waals surface area contributed by atoms with Gasteiger partial charge in [0.15, 0.2) is 0 Å². The van der Waals surface area contributed by atoms with E-state index in [2.05, 4.69) is 43.8 Å². The summed E-state index contributed by atoms with van der Waals surface area (Å²) in [5, 5.41) is 0.904. The fraction of sp³-hybridized carbons (Fsp3) is 1.00. The molecule has 1 rings (SSSR count). The third-order valence-corrected chi connectivity index (χ3v) is 4.38. The summed E-state index contributed by atoms with van der Waals surface area (Å²) in [7, 11) is 2.25. The van der Waals surface area contributed by atoms with E-state index in [0.29, 0.717) is 0 Å². The van der Waals surface area contributed by atoms with Gasteiger partial charge < -0.3 is 4.90 Å². The number of thioether (sulfide) groups is 1. The molecule has 0 amide bonds. The van der Waals surface area contributed by atoms with Crippen molar-refractivity contribution in [3.63, 3.8) is 0 Å². The van der Waals surface area contributed by atoms with E-state index in [1.165, 1.54) is 19.4 Å². The highest BCUT2D eigenvalue weighted by Crippen LogP contribution is 2.31. The number of nitrogens with zero attached hydrogens (tertiary/aromatic N) is 1. The number of piperidine rings is 1. The highest BCUT2D eigenvalue weighted by atomic mass is 32.2. The first kappa shape index (κ1) is 10.4. The Kier molecular flexibility index (Phi) is 3.91. The van der Waals surface area contributed by atoms with Gasteiger partial charge in [-0.25, -0.2) is 0 Å². The monoisotopic (exact) mass is 187 g/mol. The van der Waals surface area contributed by atoms with Crippen molar-refractivity contribution in [3.8, 4) is 0 Å². The van der Waals surface area contributed by atoms with Crippen molar-refractivity contribution < 1.29 is 0 Å². The summed E-state index contributed by atoms with van der Waals surface area (Å²) < 4.78 is 0. The number of hydrogen-bond acceptors (Lipinski definition) is 2. The van der Waals surface area contributed by atoms with Crippen LogP contribution in [0.2, 0.25) is 0 Å². The quantitative estimate of drug-likeness (QED) is 0.653. The van der Waals surface area contributed by atoms with Gasteiger partial charge in [-0.05, 0) is 32.6 Å². The van der Waals surface area contributed by atoms with Crippen molar-refractivity contribution in [3.05, 3.63) is 0 Å². The molecule has 0 spiro atoms. The fourth-order valence-electron chi connectivity index (χ4n) is 2.06. The molecule has 0 aromatic heterocycles. The number of hydrogen-bond donors (Lipinski definition) is 0. The Balaban J connectivity index is 2.52. The SMILES string of the molecule is CCC1CN(C)C(C)CC1SC. The van der Waals surface area contributed by atoms with Gasteiger partial charge in [0.05, 0.1) is 0 Å². The van der Waals surface area contributed by atoms with Gasteiger partial charge in [0.25, 0.3) is 0 Å². The second-order valence-electron chi connectivity index (χ2n) is 3.97. The summed E-state index contributed by atoms with van der Waals surface area (Å²) in [5.74, 6) is 0.918. The molecule has 1 heterocycles. The lowest BCUT2D eigenvalue weighted by molar-refractivity contribution is 0.153. The standard InChI is InChI=1S/C10H21NS/c1-5-9-7-11(3)8(2)6-10(9)12-4/h8-10H,5-7H2,1-4H3. The predicted molar refractivity (Wildman–Crippen MR) is 57.8 cm³/mol. The zero-order chi connectivity index (χ0) is 9.14. The van der Waals surface area contributed by atoms with Gasteiger partial charge in [-0.1, -0.05) is 13.3 Å². The number of likely N-dealkylation sites (tertiary alicyclic amines) is 1. The molecule has 0 bridgehead atoms. The Morgan fingerprint density at radius 2 is 2.17 bits per heavy atom. The van der Waals surface area contributed by atoms with Crippen molar-refractivity contribution in [1.29, 1.82) is 0 Å². The average molecular weight is 187 g/mol. The Morgan fingerprint density at radius 1 is 1.50 bits per heavy atom. The predicted octanol–water partition coefficient (Wildman–Crippen LogP) is 2.47.